The average molecular weight is 192 g/mol. The summed E-state index contributed by atoms with van der Waals surface area (Å²) in [4.78, 5) is 0. The van der Waals surface area contributed by atoms with Crippen LogP contribution in [0.1, 0.15) is 52.9 Å². The SMILES string of the molecule is CC(C)[C@]1(C)CC2CC1C1CCCC21. The van der Waals surface area contributed by atoms with E-state index in [4.69, 9.17) is 0 Å². The molecule has 80 valence electrons. The van der Waals surface area contributed by atoms with Crippen LogP contribution in [0.3, 0.4) is 0 Å². The van der Waals surface area contributed by atoms with Crippen molar-refractivity contribution >= 4 is 0 Å². The van der Waals surface area contributed by atoms with E-state index in [9.17, 15) is 0 Å². The maximum atomic E-state index is 2.58. The molecule has 0 saturated heterocycles. The molecule has 0 aromatic rings. The van der Waals surface area contributed by atoms with E-state index in [1.807, 2.05) is 0 Å². The minimum atomic E-state index is 0.705. The van der Waals surface area contributed by atoms with E-state index in [2.05, 4.69) is 20.8 Å². The summed E-state index contributed by atoms with van der Waals surface area (Å²) < 4.78 is 0. The highest BCUT2D eigenvalue weighted by molar-refractivity contribution is 5.08. The van der Waals surface area contributed by atoms with Gasteiger partial charge in [-0.1, -0.05) is 27.2 Å². The minimum Gasteiger partial charge on any atom is -0.0622 e. The van der Waals surface area contributed by atoms with Crippen molar-refractivity contribution in [2.45, 2.75) is 52.9 Å². The van der Waals surface area contributed by atoms with Crippen molar-refractivity contribution in [3.63, 3.8) is 0 Å². The predicted molar refractivity (Wildman–Crippen MR) is 60.0 cm³/mol. The second-order valence-corrected chi connectivity index (χ2v) is 6.73. The van der Waals surface area contributed by atoms with Gasteiger partial charge in [0, 0.05) is 0 Å². The number of hydrogen-bond donors (Lipinski definition) is 0. The molecule has 0 aromatic carbocycles. The zero-order valence-electron chi connectivity index (χ0n) is 9.92. The Labute approximate surface area is 88.5 Å². The third-order valence-corrected chi connectivity index (χ3v) is 6.17. The summed E-state index contributed by atoms with van der Waals surface area (Å²) in [5.74, 6) is 5.42. The Morgan fingerprint density at radius 1 is 1.14 bits per heavy atom. The van der Waals surface area contributed by atoms with Crippen LogP contribution in [-0.2, 0) is 0 Å². The first-order chi connectivity index (χ1) is 6.63. The second kappa shape index (κ2) is 2.77. The molecule has 0 spiro atoms. The topological polar surface area (TPSA) is 0 Å². The quantitative estimate of drug-likeness (QED) is 0.586. The van der Waals surface area contributed by atoms with E-state index in [1.54, 1.807) is 25.7 Å². The van der Waals surface area contributed by atoms with Crippen LogP contribution in [0.5, 0.6) is 0 Å². The predicted octanol–water partition coefficient (Wildman–Crippen LogP) is 4.10. The first kappa shape index (κ1) is 9.24. The summed E-state index contributed by atoms with van der Waals surface area (Å²) in [7, 11) is 0. The lowest BCUT2D eigenvalue weighted by atomic mass is 9.62. The minimum absolute atomic E-state index is 0.705. The molecule has 0 aliphatic heterocycles. The van der Waals surface area contributed by atoms with Crippen LogP contribution < -0.4 is 0 Å². The van der Waals surface area contributed by atoms with Crippen LogP contribution in [0.2, 0.25) is 0 Å². The molecule has 3 rings (SSSR count). The van der Waals surface area contributed by atoms with Crippen molar-refractivity contribution in [2.24, 2.45) is 35.0 Å². The van der Waals surface area contributed by atoms with Gasteiger partial charge in [-0.3, -0.25) is 0 Å². The maximum absolute atomic E-state index is 2.58. The molecule has 4 unspecified atom stereocenters. The molecule has 5 atom stereocenters. The van der Waals surface area contributed by atoms with Gasteiger partial charge in [0.05, 0.1) is 0 Å². The van der Waals surface area contributed by atoms with Crippen molar-refractivity contribution in [1.82, 2.24) is 0 Å². The summed E-state index contributed by atoms with van der Waals surface area (Å²) in [6, 6.07) is 0. The van der Waals surface area contributed by atoms with Gasteiger partial charge in [-0.2, -0.15) is 0 Å². The number of hydrogen-bond acceptors (Lipinski definition) is 0. The first-order valence-electron chi connectivity index (χ1n) is 6.63. The molecule has 3 aliphatic rings. The monoisotopic (exact) mass is 192 g/mol. The van der Waals surface area contributed by atoms with Crippen molar-refractivity contribution < 1.29 is 0 Å². The van der Waals surface area contributed by atoms with E-state index in [1.165, 1.54) is 6.42 Å². The smallest absolute Gasteiger partial charge is 0.0269 e. The molecule has 0 heterocycles. The Morgan fingerprint density at radius 2 is 1.86 bits per heavy atom. The van der Waals surface area contributed by atoms with Gasteiger partial charge < -0.3 is 0 Å². The van der Waals surface area contributed by atoms with Gasteiger partial charge in [-0.05, 0) is 60.7 Å². The average Bonchev–Trinajstić information content (AvgIpc) is 2.71. The van der Waals surface area contributed by atoms with Crippen molar-refractivity contribution in [3.8, 4) is 0 Å². The lowest BCUT2D eigenvalue weighted by Crippen LogP contribution is -2.36. The Kier molecular flexibility index (Phi) is 1.83. The van der Waals surface area contributed by atoms with Gasteiger partial charge in [-0.15, -0.1) is 0 Å². The zero-order valence-corrected chi connectivity index (χ0v) is 9.92. The Bertz CT molecular complexity index is 242. The summed E-state index contributed by atoms with van der Waals surface area (Å²) in [5, 5.41) is 0. The summed E-state index contributed by atoms with van der Waals surface area (Å²) >= 11 is 0. The van der Waals surface area contributed by atoms with Gasteiger partial charge in [0.15, 0.2) is 0 Å². The largest absolute Gasteiger partial charge is 0.0622 e. The second-order valence-electron chi connectivity index (χ2n) is 6.73. The Hall–Kier alpha value is 0. The van der Waals surface area contributed by atoms with Crippen molar-refractivity contribution in [3.05, 3.63) is 0 Å². The molecule has 3 saturated carbocycles. The van der Waals surface area contributed by atoms with Crippen molar-refractivity contribution in [1.29, 1.82) is 0 Å². The highest BCUT2D eigenvalue weighted by Crippen LogP contribution is 2.67. The molecule has 3 fully saturated rings. The molecule has 14 heavy (non-hydrogen) atoms. The maximum Gasteiger partial charge on any atom is -0.0269 e. The normalized spacial score (nSPS) is 55.7. The van der Waals surface area contributed by atoms with Gasteiger partial charge in [-0.25, -0.2) is 0 Å². The van der Waals surface area contributed by atoms with E-state index in [-0.39, 0.29) is 0 Å². The summed E-state index contributed by atoms with van der Waals surface area (Å²) in [5.41, 5.74) is 0.705. The van der Waals surface area contributed by atoms with Crippen LogP contribution in [0.4, 0.5) is 0 Å². The van der Waals surface area contributed by atoms with Crippen molar-refractivity contribution in [2.75, 3.05) is 0 Å². The molecule has 3 aliphatic carbocycles. The fourth-order valence-corrected chi connectivity index (χ4v) is 5.15. The van der Waals surface area contributed by atoms with Gasteiger partial charge in [0.2, 0.25) is 0 Å². The third-order valence-electron chi connectivity index (χ3n) is 6.17. The lowest BCUT2D eigenvalue weighted by Gasteiger charge is -2.43. The molecule has 0 N–H and O–H groups in total. The fraction of sp³-hybridized carbons (Fsp3) is 1.00. The van der Waals surface area contributed by atoms with Gasteiger partial charge in [0.1, 0.15) is 0 Å². The number of rotatable bonds is 1. The molecular weight excluding hydrogens is 168 g/mol. The van der Waals surface area contributed by atoms with E-state index < -0.39 is 0 Å². The van der Waals surface area contributed by atoms with Crippen LogP contribution in [0.15, 0.2) is 0 Å². The first-order valence-corrected chi connectivity index (χ1v) is 6.63. The molecule has 0 aromatic heterocycles. The highest BCUT2D eigenvalue weighted by Gasteiger charge is 2.59. The standard InChI is InChI=1S/C14H24/c1-9(2)14(3)8-10-7-13(14)12-6-4-5-11(10)12/h9-13H,4-8H2,1-3H3/t10?,11?,12?,13?,14-/m0/s1. The lowest BCUT2D eigenvalue weighted by molar-refractivity contribution is 0.0542. The fourth-order valence-electron chi connectivity index (χ4n) is 5.15. The Balaban J connectivity index is 1.89. The van der Waals surface area contributed by atoms with Gasteiger partial charge >= 0.3 is 0 Å². The van der Waals surface area contributed by atoms with E-state index >= 15 is 0 Å². The van der Waals surface area contributed by atoms with Gasteiger partial charge in [0.25, 0.3) is 0 Å². The zero-order chi connectivity index (χ0) is 9.92. The molecule has 0 radical (unpaired) electrons. The van der Waals surface area contributed by atoms with Crippen LogP contribution >= 0.6 is 0 Å². The van der Waals surface area contributed by atoms with Crippen LogP contribution in [0, 0.1) is 35.0 Å². The highest BCUT2D eigenvalue weighted by atomic mass is 14.6. The number of fused-ring (bicyclic) bond motifs is 5. The Morgan fingerprint density at radius 3 is 2.57 bits per heavy atom. The van der Waals surface area contributed by atoms with E-state index in [0.717, 1.165) is 29.6 Å². The van der Waals surface area contributed by atoms with Crippen LogP contribution in [-0.4, -0.2) is 0 Å². The van der Waals surface area contributed by atoms with Crippen LogP contribution in [0.25, 0.3) is 0 Å². The molecule has 0 nitrogen and oxygen atoms in total. The summed E-state index contributed by atoms with van der Waals surface area (Å²) in [6.07, 6.45) is 7.81. The molecule has 2 bridgehead atoms. The molecule has 0 heteroatoms. The summed E-state index contributed by atoms with van der Waals surface area (Å²) in [6.45, 7) is 7.48. The third kappa shape index (κ3) is 0.955. The van der Waals surface area contributed by atoms with E-state index in [0.29, 0.717) is 5.41 Å². The molecule has 0 amide bonds. The molecular formula is C14H24.